The SMILES string of the molecule is O=C(NS(=O)(=O)c1ccc(C(F)(F)F)cn1)[C@H]1C[C@H]2CC[C@H]1O2. The number of rotatable bonds is 3. The monoisotopic (exact) mass is 350 g/mol. The van der Waals surface area contributed by atoms with Gasteiger partial charge in [-0.15, -0.1) is 0 Å². The molecule has 2 fully saturated rings. The average molecular weight is 350 g/mol. The molecule has 0 aromatic carbocycles. The van der Waals surface area contributed by atoms with Gasteiger partial charge in [-0.1, -0.05) is 0 Å². The quantitative estimate of drug-likeness (QED) is 0.892. The first kappa shape index (κ1) is 16.2. The predicted octanol–water partition coefficient (Wildman–Crippen LogP) is 1.47. The number of ether oxygens (including phenoxy) is 1. The fourth-order valence-electron chi connectivity index (χ4n) is 2.88. The van der Waals surface area contributed by atoms with Crippen molar-refractivity contribution in [1.82, 2.24) is 9.71 Å². The Balaban J connectivity index is 1.73. The van der Waals surface area contributed by atoms with Gasteiger partial charge in [0.25, 0.3) is 10.0 Å². The molecule has 2 bridgehead atoms. The molecule has 6 nitrogen and oxygen atoms in total. The number of pyridine rings is 1. The van der Waals surface area contributed by atoms with E-state index < -0.39 is 38.6 Å². The van der Waals surface area contributed by atoms with E-state index in [0.717, 1.165) is 12.5 Å². The molecule has 2 aliphatic heterocycles. The maximum absolute atomic E-state index is 12.4. The van der Waals surface area contributed by atoms with E-state index in [0.29, 0.717) is 25.1 Å². The van der Waals surface area contributed by atoms with Gasteiger partial charge >= 0.3 is 6.18 Å². The van der Waals surface area contributed by atoms with Crippen LogP contribution in [0, 0.1) is 5.92 Å². The Morgan fingerprint density at radius 3 is 2.52 bits per heavy atom. The molecule has 126 valence electrons. The van der Waals surface area contributed by atoms with Crippen molar-refractivity contribution in [3.8, 4) is 0 Å². The molecule has 0 saturated carbocycles. The standard InChI is InChI=1S/C13H13F3N2O4S/c14-13(15,16)7-1-4-11(17-6-7)23(20,21)18-12(19)9-5-8-2-3-10(9)22-8/h1,4,6,8-10H,2-3,5H2,(H,18,19)/t8-,9+,10-/m1/s1. The number of hydrogen-bond donors (Lipinski definition) is 1. The number of amides is 1. The van der Waals surface area contributed by atoms with Crippen LogP contribution >= 0.6 is 0 Å². The summed E-state index contributed by atoms with van der Waals surface area (Å²) in [5.41, 5.74) is -1.07. The van der Waals surface area contributed by atoms with Crippen molar-refractivity contribution in [2.24, 2.45) is 5.92 Å². The topological polar surface area (TPSA) is 85.4 Å². The van der Waals surface area contributed by atoms with Crippen molar-refractivity contribution < 1.29 is 31.1 Å². The lowest BCUT2D eigenvalue weighted by Gasteiger charge is -2.17. The summed E-state index contributed by atoms with van der Waals surface area (Å²) in [6.07, 6.45) is -2.52. The summed E-state index contributed by atoms with van der Waals surface area (Å²) in [5, 5.41) is -0.636. The highest BCUT2D eigenvalue weighted by Crippen LogP contribution is 2.39. The molecule has 10 heteroatoms. The minimum absolute atomic E-state index is 0.0253. The van der Waals surface area contributed by atoms with Gasteiger partial charge in [-0.3, -0.25) is 4.79 Å². The number of hydrogen-bond acceptors (Lipinski definition) is 5. The highest BCUT2D eigenvalue weighted by molar-refractivity contribution is 7.90. The zero-order valence-electron chi connectivity index (χ0n) is 11.7. The molecular weight excluding hydrogens is 337 g/mol. The lowest BCUT2D eigenvalue weighted by atomic mass is 9.89. The number of fused-ring (bicyclic) bond motifs is 2. The average Bonchev–Trinajstić information content (AvgIpc) is 3.08. The van der Waals surface area contributed by atoms with Gasteiger partial charge < -0.3 is 4.74 Å². The molecule has 0 spiro atoms. The maximum atomic E-state index is 12.4. The highest BCUT2D eigenvalue weighted by atomic mass is 32.2. The predicted molar refractivity (Wildman–Crippen MR) is 70.6 cm³/mol. The Morgan fingerprint density at radius 1 is 1.30 bits per heavy atom. The molecule has 1 aromatic heterocycles. The highest BCUT2D eigenvalue weighted by Gasteiger charge is 2.45. The molecule has 0 unspecified atom stereocenters. The second kappa shape index (κ2) is 5.45. The Morgan fingerprint density at radius 2 is 2.04 bits per heavy atom. The Hall–Kier alpha value is -1.68. The number of nitrogens with one attached hydrogen (secondary N) is 1. The third kappa shape index (κ3) is 3.18. The van der Waals surface area contributed by atoms with Gasteiger partial charge in [0.15, 0.2) is 5.03 Å². The van der Waals surface area contributed by atoms with Gasteiger partial charge in [0.2, 0.25) is 5.91 Å². The number of aromatic nitrogens is 1. The Labute approximate surface area is 130 Å². The summed E-state index contributed by atoms with van der Waals surface area (Å²) >= 11 is 0. The summed E-state index contributed by atoms with van der Waals surface area (Å²) in [6, 6.07) is 1.32. The van der Waals surface area contributed by atoms with Crippen molar-refractivity contribution in [3.05, 3.63) is 23.9 Å². The fourth-order valence-corrected chi connectivity index (χ4v) is 3.84. The summed E-state index contributed by atoms with van der Waals surface area (Å²) in [6.45, 7) is 0. The smallest absolute Gasteiger partial charge is 0.374 e. The molecule has 23 heavy (non-hydrogen) atoms. The number of carbonyl (C=O) groups is 1. The summed E-state index contributed by atoms with van der Waals surface area (Å²) in [4.78, 5) is 15.4. The van der Waals surface area contributed by atoms with Gasteiger partial charge in [-0.25, -0.2) is 9.71 Å². The zero-order chi connectivity index (χ0) is 16.8. The van der Waals surface area contributed by atoms with Crippen LogP contribution in [0.15, 0.2) is 23.4 Å². The molecule has 1 amide bonds. The molecule has 1 N–H and O–H groups in total. The lowest BCUT2D eigenvalue weighted by molar-refractivity contribution is -0.138. The van der Waals surface area contributed by atoms with Crippen LogP contribution in [0.25, 0.3) is 0 Å². The molecule has 0 radical (unpaired) electrons. The molecule has 3 heterocycles. The van der Waals surface area contributed by atoms with Crippen molar-refractivity contribution in [3.63, 3.8) is 0 Å². The van der Waals surface area contributed by atoms with E-state index in [9.17, 15) is 26.4 Å². The number of halogens is 3. The molecule has 2 aliphatic rings. The largest absolute Gasteiger partial charge is 0.417 e. The number of carbonyl (C=O) groups excluding carboxylic acids is 1. The van der Waals surface area contributed by atoms with E-state index in [-0.39, 0.29) is 12.2 Å². The van der Waals surface area contributed by atoms with E-state index in [2.05, 4.69) is 4.98 Å². The molecule has 3 atom stereocenters. The fraction of sp³-hybridized carbons (Fsp3) is 0.538. The minimum atomic E-state index is -4.61. The summed E-state index contributed by atoms with van der Waals surface area (Å²) in [7, 11) is -4.31. The number of alkyl halides is 3. The Bertz CT molecular complexity index is 718. The van der Waals surface area contributed by atoms with Crippen molar-refractivity contribution >= 4 is 15.9 Å². The van der Waals surface area contributed by atoms with Gasteiger partial charge in [-0.05, 0) is 31.4 Å². The van der Waals surface area contributed by atoms with E-state index in [1.165, 1.54) is 0 Å². The third-order valence-corrected chi connectivity index (χ3v) is 5.28. The molecule has 2 saturated heterocycles. The van der Waals surface area contributed by atoms with Crippen LogP contribution in [0.2, 0.25) is 0 Å². The Kier molecular flexibility index (Phi) is 3.83. The van der Waals surface area contributed by atoms with E-state index in [1.54, 1.807) is 0 Å². The van der Waals surface area contributed by atoms with Gasteiger partial charge in [-0.2, -0.15) is 21.6 Å². The van der Waals surface area contributed by atoms with Crippen LogP contribution in [0.5, 0.6) is 0 Å². The van der Waals surface area contributed by atoms with Crippen molar-refractivity contribution in [1.29, 1.82) is 0 Å². The molecule has 3 rings (SSSR count). The first-order chi connectivity index (χ1) is 10.7. The van der Waals surface area contributed by atoms with Gasteiger partial charge in [0, 0.05) is 6.20 Å². The second-order valence-corrected chi connectivity index (χ2v) is 7.20. The van der Waals surface area contributed by atoms with E-state index in [4.69, 9.17) is 4.74 Å². The van der Waals surface area contributed by atoms with Crippen LogP contribution in [0.1, 0.15) is 24.8 Å². The van der Waals surface area contributed by atoms with E-state index >= 15 is 0 Å². The number of sulfonamides is 1. The van der Waals surface area contributed by atoms with E-state index in [1.807, 2.05) is 4.72 Å². The first-order valence-corrected chi connectivity index (χ1v) is 8.40. The van der Waals surface area contributed by atoms with Crippen molar-refractivity contribution in [2.45, 2.75) is 42.7 Å². The van der Waals surface area contributed by atoms with Gasteiger partial charge in [0.1, 0.15) is 0 Å². The molecule has 0 aliphatic carbocycles. The van der Waals surface area contributed by atoms with Gasteiger partial charge in [0.05, 0.1) is 23.7 Å². The van der Waals surface area contributed by atoms with Crippen molar-refractivity contribution in [2.75, 3.05) is 0 Å². The lowest BCUT2D eigenvalue weighted by Crippen LogP contribution is -2.39. The zero-order valence-corrected chi connectivity index (χ0v) is 12.5. The summed E-state index contributed by atoms with van der Waals surface area (Å²) < 4.78 is 68.8. The first-order valence-electron chi connectivity index (χ1n) is 6.92. The second-order valence-electron chi connectivity index (χ2n) is 5.57. The number of nitrogens with zero attached hydrogens (tertiary/aromatic N) is 1. The summed E-state index contributed by atoms with van der Waals surface area (Å²) in [5.74, 6) is -1.27. The van der Waals surface area contributed by atoms with Crippen LogP contribution in [-0.2, 0) is 25.7 Å². The normalized spacial score (nSPS) is 27.2. The molecule has 1 aromatic rings. The third-order valence-electron chi connectivity index (χ3n) is 4.02. The van der Waals surface area contributed by atoms with Crippen LogP contribution in [0.3, 0.4) is 0 Å². The van der Waals surface area contributed by atoms with Crippen LogP contribution in [-0.4, -0.2) is 31.5 Å². The van der Waals surface area contributed by atoms with Crippen LogP contribution < -0.4 is 4.72 Å². The maximum Gasteiger partial charge on any atom is 0.417 e. The van der Waals surface area contributed by atoms with Crippen LogP contribution in [0.4, 0.5) is 13.2 Å². The minimum Gasteiger partial charge on any atom is -0.374 e. The molecular formula is C13H13F3N2O4S.